The molecule has 254 valence electrons. The maximum atomic E-state index is 13.8. The number of primary amides is 1. The van der Waals surface area contributed by atoms with Gasteiger partial charge in [-0.25, -0.2) is 13.4 Å². The molecular weight excluding hydrogens is 647 g/mol. The van der Waals surface area contributed by atoms with E-state index in [1.54, 1.807) is 44.2 Å². The number of anilines is 1. The van der Waals surface area contributed by atoms with Crippen LogP contribution in [-0.2, 0) is 21.2 Å². The van der Waals surface area contributed by atoms with Crippen LogP contribution >= 0.6 is 11.3 Å². The second kappa shape index (κ2) is 16.1. The van der Waals surface area contributed by atoms with Gasteiger partial charge in [-0.15, -0.1) is 11.3 Å². The van der Waals surface area contributed by atoms with Crippen LogP contribution in [0.15, 0.2) is 53.9 Å². The molecule has 3 aromatic rings. The maximum absolute atomic E-state index is 13.8. The lowest BCUT2D eigenvalue weighted by Gasteiger charge is -2.34. The number of thiazole rings is 1. The number of hydrogen-bond donors (Lipinski definition) is 6. The number of nitrogens with two attached hydrogens (primary N) is 1. The predicted octanol–water partition coefficient (Wildman–Crippen LogP) is 1.95. The van der Waals surface area contributed by atoms with E-state index in [9.17, 15) is 37.8 Å². The highest BCUT2D eigenvalue weighted by molar-refractivity contribution is 7.92. The number of nitrogens with one attached hydrogen (secondary N) is 3. The third-order valence-corrected chi connectivity index (χ3v) is 8.70. The minimum atomic E-state index is -3.63. The van der Waals surface area contributed by atoms with Crippen molar-refractivity contribution >= 4 is 50.0 Å². The average Bonchev–Trinajstić information content (AvgIpc) is 3.45. The van der Waals surface area contributed by atoms with Gasteiger partial charge in [0.1, 0.15) is 11.8 Å². The largest absolute Gasteiger partial charge is 0.390 e. The van der Waals surface area contributed by atoms with Gasteiger partial charge in [0, 0.05) is 17.5 Å². The molecule has 0 aliphatic heterocycles. The van der Waals surface area contributed by atoms with Gasteiger partial charge in [0.15, 0.2) is 5.13 Å². The fraction of sp³-hybridized carbons (Fsp3) is 0.406. The molecule has 0 aliphatic carbocycles. The van der Waals surface area contributed by atoms with Gasteiger partial charge in [-0.2, -0.15) is 0 Å². The molecule has 0 aliphatic rings. The van der Waals surface area contributed by atoms with E-state index < -0.39 is 57.7 Å². The van der Waals surface area contributed by atoms with Crippen LogP contribution in [0.25, 0.3) is 0 Å². The van der Waals surface area contributed by atoms with Crippen molar-refractivity contribution in [2.45, 2.75) is 52.4 Å². The molecular formula is C32H41N5O8S2. The van der Waals surface area contributed by atoms with Gasteiger partial charge in [0.25, 0.3) is 5.91 Å². The van der Waals surface area contributed by atoms with Crippen LogP contribution in [-0.4, -0.2) is 78.2 Å². The summed E-state index contributed by atoms with van der Waals surface area (Å²) in [5.74, 6) is -4.15. The maximum Gasteiger partial charge on any atom is 0.252 e. The molecule has 7 N–H and O–H groups in total. The number of aliphatic hydroxyl groups excluding tert-OH is 2. The molecule has 0 saturated heterocycles. The zero-order valence-electron chi connectivity index (χ0n) is 26.8. The lowest BCUT2D eigenvalue weighted by Crippen LogP contribution is -2.55. The van der Waals surface area contributed by atoms with Gasteiger partial charge in [-0.05, 0) is 36.0 Å². The molecule has 13 nitrogen and oxygen atoms in total. The Morgan fingerprint density at radius 2 is 1.62 bits per heavy atom. The Morgan fingerprint density at radius 3 is 2.19 bits per heavy atom. The fourth-order valence-corrected chi connectivity index (χ4v) is 6.46. The van der Waals surface area contributed by atoms with Gasteiger partial charge < -0.3 is 26.6 Å². The van der Waals surface area contributed by atoms with Crippen LogP contribution in [0.4, 0.5) is 5.13 Å². The Bertz CT molecular complexity index is 1690. The number of aromatic nitrogens is 1. The number of rotatable bonds is 16. The Morgan fingerprint density at radius 1 is 0.957 bits per heavy atom. The molecule has 0 spiro atoms. The van der Waals surface area contributed by atoms with E-state index in [0.29, 0.717) is 12.1 Å². The van der Waals surface area contributed by atoms with Crippen molar-refractivity contribution in [3.8, 4) is 0 Å². The van der Waals surface area contributed by atoms with Crippen LogP contribution in [0.5, 0.6) is 0 Å². The van der Waals surface area contributed by atoms with Crippen molar-refractivity contribution in [2.24, 2.45) is 23.5 Å². The van der Waals surface area contributed by atoms with E-state index in [0.717, 1.165) is 23.7 Å². The zero-order chi connectivity index (χ0) is 35.1. The van der Waals surface area contributed by atoms with Crippen LogP contribution in [0, 0.1) is 17.8 Å². The third kappa shape index (κ3) is 10.4. The Kier molecular flexibility index (Phi) is 12.8. The highest BCUT2D eigenvalue weighted by atomic mass is 32.2. The van der Waals surface area contributed by atoms with Gasteiger partial charge >= 0.3 is 0 Å². The molecule has 3 rings (SSSR count). The van der Waals surface area contributed by atoms with Crippen molar-refractivity contribution in [1.29, 1.82) is 0 Å². The minimum absolute atomic E-state index is 0.0311. The van der Waals surface area contributed by atoms with E-state index in [1.807, 2.05) is 13.8 Å². The molecule has 1 aromatic heterocycles. The molecule has 0 fully saturated rings. The summed E-state index contributed by atoms with van der Waals surface area (Å²) in [6.45, 7) is 7.70. The first-order valence-electron chi connectivity index (χ1n) is 14.9. The highest BCUT2D eigenvalue weighted by Crippen LogP contribution is 2.24. The molecule has 4 atom stereocenters. The first-order valence-corrected chi connectivity index (χ1v) is 17.7. The highest BCUT2D eigenvalue weighted by Gasteiger charge is 2.39. The first kappa shape index (κ1) is 37.3. The summed E-state index contributed by atoms with van der Waals surface area (Å²) in [7, 11) is -3.63. The standard InChI is InChI=1S/C32H41N5O8S2/c1-17(2)15-34-31(43)25(18(3)4)28(40)27(39)23(13-19-9-7-6-8-10-19)35-30(42)22-14-20(11-12-21(22)29(33)41)26(38)24-16-46-32(36-24)37-47(5,44)45/h6-12,14,16-18,23,25,27-28,39-40H,13,15H2,1-5H3,(H2,33,41)(H,34,43)(H,35,42)(H,36,37)/t23-,25+,27+,28+/m0/s1. The number of nitrogens with zero attached hydrogens (tertiary/aromatic N) is 1. The number of carbonyl (C=O) groups excluding carboxylic acids is 4. The van der Waals surface area contributed by atoms with Gasteiger partial charge in [-0.1, -0.05) is 64.1 Å². The third-order valence-electron chi connectivity index (χ3n) is 7.25. The Balaban J connectivity index is 1.97. The number of sulfonamides is 1. The summed E-state index contributed by atoms with van der Waals surface area (Å²) in [5.41, 5.74) is 5.63. The fourth-order valence-electron chi connectivity index (χ4n) is 4.92. The van der Waals surface area contributed by atoms with Crippen LogP contribution < -0.4 is 21.1 Å². The second-order valence-corrected chi connectivity index (χ2v) is 14.6. The average molecular weight is 688 g/mol. The summed E-state index contributed by atoms with van der Waals surface area (Å²) in [6, 6.07) is 11.3. The summed E-state index contributed by atoms with van der Waals surface area (Å²) in [4.78, 5) is 56.4. The molecule has 2 aromatic carbocycles. The second-order valence-electron chi connectivity index (χ2n) is 12.0. The smallest absolute Gasteiger partial charge is 0.252 e. The number of hydrogen-bond acceptors (Lipinski definition) is 10. The SMILES string of the molecule is CC(C)CNC(=O)[C@H](C(C)C)[C@@H](O)[C@H](O)[C@H](Cc1ccccc1)NC(=O)c1cc(C(=O)c2csc(NS(C)(=O)=O)n2)ccc1C(N)=O. The summed E-state index contributed by atoms with van der Waals surface area (Å²) in [5, 5.41) is 29.6. The van der Waals surface area contributed by atoms with Gasteiger partial charge in [-0.3, -0.25) is 23.9 Å². The molecule has 3 amide bonds. The van der Waals surface area contributed by atoms with Crippen molar-refractivity contribution in [3.05, 3.63) is 81.9 Å². The number of benzene rings is 2. The number of aliphatic hydroxyl groups is 2. The van der Waals surface area contributed by atoms with E-state index in [1.165, 1.54) is 17.5 Å². The zero-order valence-corrected chi connectivity index (χ0v) is 28.4. The van der Waals surface area contributed by atoms with Crippen molar-refractivity contribution < 1.29 is 37.8 Å². The monoisotopic (exact) mass is 687 g/mol. The molecule has 0 bridgehead atoms. The lowest BCUT2D eigenvalue weighted by molar-refractivity contribution is -0.135. The molecule has 0 saturated carbocycles. The lowest BCUT2D eigenvalue weighted by atomic mass is 9.83. The van der Waals surface area contributed by atoms with Crippen LogP contribution in [0.3, 0.4) is 0 Å². The normalized spacial score (nSPS) is 14.2. The predicted molar refractivity (Wildman–Crippen MR) is 179 cm³/mol. The first-order chi connectivity index (χ1) is 22.0. The molecule has 0 unspecified atom stereocenters. The van der Waals surface area contributed by atoms with Crippen LogP contribution in [0.1, 0.15) is 70.0 Å². The summed E-state index contributed by atoms with van der Waals surface area (Å²) < 4.78 is 25.3. The van der Waals surface area contributed by atoms with E-state index in [-0.39, 0.29) is 45.8 Å². The topological polar surface area (TPSA) is 218 Å². The number of amides is 3. The molecule has 15 heteroatoms. The number of carbonyl (C=O) groups is 4. The van der Waals surface area contributed by atoms with Gasteiger partial charge in [0.2, 0.25) is 27.6 Å². The number of ketones is 1. The van der Waals surface area contributed by atoms with E-state index in [2.05, 4.69) is 20.3 Å². The quantitative estimate of drug-likeness (QED) is 0.121. The van der Waals surface area contributed by atoms with Crippen molar-refractivity contribution in [1.82, 2.24) is 15.6 Å². The Labute approximate surface area is 278 Å². The minimum Gasteiger partial charge on any atom is -0.390 e. The molecule has 0 radical (unpaired) electrons. The van der Waals surface area contributed by atoms with E-state index in [4.69, 9.17) is 5.73 Å². The van der Waals surface area contributed by atoms with Gasteiger partial charge in [0.05, 0.1) is 35.4 Å². The summed E-state index contributed by atoms with van der Waals surface area (Å²) in [6.07, 6.45) is -2.23. The Hall–Kier alpha value is -4.18. The van der Waals surface area contributed by atoms with Crippen molar-refractivity contribution in [3.63, 3.8) is 0 Å². The summed E-state index contributed by atoms with van der Waals surface area (Å²) >= 11 is 0.888. The van der Waals surface area contributed by atoms with Crippen molar-refractivity contribution in [2.75, 3.05) is 17.5 Å². The molecule has 1 heterocycles. The van der Waals surface area contributed by atoms with Crippen LogP contribution in [0.2, 0.25) is 0 Å². The van der Waals surface area contributed by atoms with E-state index >= 15 is 0 Å². The molecule has 47 heavy (non-hydrogen) atoms.